The average Bonchev–Trinajstić information content (AvgIpc) is 2.54. The Hall–Kier alpha value is -3.15. The van der Waals surface area contributed by atoms with Crippen LogP contribution in [0.3, 0.4) is 0 Å². The maximum absolute atomic E-state index is 11.9. The van der Waals surface area contributed by atoms with Gasteiger partial charge in [-0.15, -0.1) is 0 Å². The number of anilines is 1. The van der Waals surface area contributed by atoms with Crippen molar-refractivity contribution in [1.82, 2.24) is 5.43 Å². The van der Waals surface area contributed by atoms with Crippen molar-refractivity contribution in [3.05, 3.63) is 64.2 Å². The Kier molecular flexibility index (Phi) is 5.89. The monoisotopic (exact) mass is 338 g/mol. The van der Waals surface area contributed by atoms with E-state index in [9.17, 15) is 14.7 Å². The lowest BCUT2D eigenvalue weighted by atomic mass is 10.1. The van der Waals surface area contributed by atoms with Crippen molar-refractivity contribution >= 4 is 23.8 Å². The first-order chi connectivity index (χ1) is 11.9. The Morgan fingerprint density at radius 1 is 1.08 bits per heavy atom. The summed E-state index contributed by atoms with van der Waals surface area (Å²) in [5.74, 6) is -1.51. The van der Waals surface area contributed by atoms with Crippen LogP contribution in [0.2, 0.25) is 0 Å². The van der Waals surface area contributed by atoms with Crippen molar-refractivity contribution < 1.29 is 14.7 Å². The molecule has 2 aromatic carbocycles. The highest BCUT2D eigenvalue weighted by atomic mass is 16.4. The molecule has 2 aromatic rings. The number of hydrogen-bond donors (Lipinski definition) is 2. The molecule has 0 aromatic heterocycles. The van der Waals surface area contributed by atoms with Gasteiger partial charge in [-0.25, -0.2) is 5.43 Å². The topological polar surface area (TPSA) is 93.6 Å². The van der Waals surface area contributed by atoms with Gasteiger partial charge in [0.2, 0.25) is 0 Å². The fraction of sp³-hybridized carbons (Fsp3) is 0.211. The molecular weight excluding hydrogens is 318 g/mol. The molecule has 1 amide bonds. The fourth-order valence-corrected chi connectivity index (χ4v) is 2.55. The number of carbonyl (C=O) groups is 2. The summed E-state index contributed by atoms with van der Waals surface area (Å²) in [5, 5.41) is 17.6. The molecule has 0 saturated heterocycles. The second kappa shape index (κ2) is 8.10. The van der Waals surface area contributed by atoms with Crippen molar-refractivity contribution in [3.63, 3.8) is 0 Å². The van der Waals surface area contributed by atoms with Crippen molar-refractivity contribution in [2.75, 3.05) is 11.9 Å². The smallest absolute Gasteiger partial charge is 0.259 e. The van der Waals surface area contributed by atoms with Crippen LogP contribution in [0.15, 0.2) is 41.5 Å². The quantitative estimate of drug-likeness (QED) is 0.617. The van der Waals surface area contributed by atoms with Gasteiger partial charge in [0.15, 0.2) is 0 Å². The van der Waals surface area contributed by atoms with Crippen LogP contribution < -0.4 is 15.8 Å². The van der Waals surface area contributed by atoms with Crippen LogP contribution in [-0.4, -0.2) is 24.6 Å². The lowest BCUT2D eigenvalue weighted by Gasteiger charge is -2.13. The summed E-state index contributed by atoms with van der Waals surface area (Å²) in [4.78, 5) is 22.5. The zero-order valence-electron chi connectivity index (χ0n) is 14.4. The van der Waals surface area contributed by atoms with E-state index in [2.05, 4.69) is 28.0 Å². The predicted molar refractivity (Wildman–Crippen MR) is 95.7 cm³/mol. The fourth-order valence-electron chi connectivity index (χ4n) is 2.55. The zero-order chi connectivity index (χ0) is 18.4. The molecule has 0 radical (unpaired) electrons. The number of hydrazone groups is 1. The van der Waals surface area contributed by atoms with Gasteiger partial charge < -0.3 is 15.2 Å². The summed E-state index contributed by atoms with van der Waals surface area (Å²) in [6, 6.07) is 10.1. The number of hydrogen-bond acceptors (Lipinski definition) is 5. The van der Waals surface area contributed by atoms with E-state index in [4.69, 9.17) is 0 Å². The Morgan fingerprint density at radius 2 is 1.68 bits per heavy atom. The first-order valence-electron chi connectivity index (χ1n) is 7.82. The highest BCUT2D eigenvalue weighted by Gasteiger charge is 2.05. The van der Waals surface area contributed by atoms with E-state index in [1.165, 1.54) is 23.9 Å². The van der Waals surface area contributed by atoms with Gasteiger partial charge in [0.25, 0.3) is 5.91 Å². The standard InChI is InChI=1S/C19H21N3O3/c1-12-8-13(2)18(14(3)9-12)20-11-17(23)22-21-10-15-4-6-16(7-5-15)19(24)25/h4-10,20H,11H2,1-3H3,(H,22,23)(H,24,25)/p-1/b21-10-. The van der Waals surface area contributed by atoms with Crippen molar-refractivity contribution in [2.24, 2.45) is 5.10 Å². The second-order valence-corrected chi connectivity index (χ2v) is 5.83. The molecule has 0 heterocycles. The molecular formula is C19H20N3O3-. The van der Waals surface area contributed by atoms with Gasteiger partial charge in [-0.1, -0.05) is 42.0 Å². The molecule has 0 atom stereocenters. The maximum Gasteiger partial charge on any atom is 0.259 e. The Bertz CT molecular complexity index is 788. The largest absolute Gasteiger partial charge is 0.545 e. The number of rotatable bonds is 6. The third-order valence-corrected chi connectivity index (χ3v) is 3.65. The number of aromatic carboxylic acids is 1. The second-order valence-electron chi connectivity index (χ2n) is 5.83. The van der Waals surface area contributed by atoms with E-state index in [1.54, 1.807) is 12.1 Å². The van der Waals surface area contributed by atoms with Crippen LogP contribution in [-0.2, 0) is 4.79 Å². The molecule has 25 heavy (non-hydrogen) atoms. The molecule has 0 spiro atoms. The molecule has 0 unspecified atom stereocenters. The van der Waals surface area contributed by atoms with Crippen LogP contribution in [0.5, 0.6) is 0 Å². The van der Waals surface area contributed by atoms with Gasteiger partial charge in [0.1, 0.15) is 0 Å². The van der Waals surface area contributed by atoms with Crippen molar-refractivity contribution in [3.8, 4) is 0 Å². The minimum absolute atomic E-state index is 0.0919. The number of amides is 1. The molecule has 6 nitrogen and oxygen atoms in total. The minimum Gasteiger partial charge on any atom is -0.545 e. The third kappa shape index (κ3) is 5.17. The first-order valence-corrected chi connectivity index (χ1v) is 7.82. The van der Waals surface area contributed by atoms with E-state index in [0.29, 0.717) is 5.56 Å². The summed E-state index contributed by atoms with van der Waals surface area (Å²) >= 11 is 0. The first kappa shape index (κ1) is 18.2. The van der Waals surface area contributed by atoms with Crippen molar-refractivity contribution in [1.29, 1.82) is 0 Å². The number of carbonyl (C=O) groups excluding carboxylic acids is 2. The highest BCUT2D eigenvalue weighted by Crippen LogP contribution is 2.21. The zero-order valence-corrected chi connectivity index (χ0v) is 14.4. The maximum atomic E-state index is 11.9. The third-order valence-electron chi connectivity index (χ3n) is 3.65. The molecule has 0 fully saturated rings. The van der Waals surface area contributed by atoms with Gasteiger partial charge in [-0.2, -0.15) is 5.10 Å². The SMILES string of the molecule is Cc1cc(C)c(NCC(=O)N/N=C\c2ccc(C(=O)[O-])cc2)c(C)c1. The Morgan fingerprint density at radius 3 is 2.24 bits per heavy atom. The summed E-state index contributed by atoms with van der Waals surface area (Å²) < 4.78 is 0. The predicted octanol–water partition coefficient (Wildman–Crippen LogP) is 1.54. The molecule has 0 aliphatic heterocycles. The molecule has 2 N–H and O–H groups in total. The molecule has 0 saturated carbocycles. The lowest BCUT2D eigenvalue weighted by Crippen LogP contribution is -2.26. The average molecular weight is 338 g/mol. The summed E-state index contributed by atoms with van der Waals surface area (Å²) in [7, 11) is 0. The van der Waals surface area contributed by atoms with Gasteiger partial charge >= 0.3 is 0 Å². The van der Waals surface area contributed by atoms with Gasteiger partial charge in [0.05, 0.1) is 18.7 Å². The molecule has 0 bridgehead atoms. The van der Waals surface area contributed by atoms with E-state index in [1.807, 2.05) is 20.8 Å². The van der Waals surface area contributed by atoms with Crippen LogP contribution in [0.25, 0.3) is 0 Å². The van der Waals surface area contributed by atoms with Gasteiger partial charge in [-0.05, 0) is 43.0 Å². The lowest BCUT2D eigenvalue weighted by molar-refractivity contribution is -0.255. The van der Waals surface area contributed by atoms with Crippen molar-refractivity contribution in [2.45, 2.75) is 20.8 Å². The van der Waals surface area contributed by atoms with Crippen LogP contribution >= 0.6 is 0 Å². The number of carboxylic acid groups (broad SMARTS) is 1. The number of nitrogens with one attached hydrogen (secondary N) is 2. The normalized spacial score (nSPS) is 10.7. The van der Waals surface area contributed by atoms with E-state index < -0.39 is 5.97 Å². The van der Waals surface area contributed by atoms with Crippen LogP contribution in [0, 0.1) is 20.8 Å². The van der Waals surface area contributed by atoms with E-state index >= 15 is 0 Å². The van der Waals surface area contributed by atoms with Gasteiger partial charge in [-0.3, -0.25) is 4.79 Å². The molecule has 130 valence electrons. The number of aryl methyl sites for hydroxylation is 3. The minimum atomic E-state index is -1.23. The van der Waals surface area contributed by atoms with E-state index in [-0.39, 0.29) is 18.0 Å². The molecule has 0 aliphatic rings. The number of benzene rings is 2. The Balaban J connectivity index is 1.87. The number of nitrogens with zero attached hydrogens (tertiary/aromatic N) is 1. The molecule has 0 aliphatic carbocycles. The summed E-state index contributed by atoms with van der Waals surface area (Å²) in [5.41, 5.74) is 7.49. The highest BCUT2D eigenvalue weighted by molar-refractivity contribution is 5.88. The molecule has 6 heteroatoms. The number of carboxylic acids is 1. The van der Waals surface area contributed by atoms with Crippen LogP contribution in [0.1, 0.15) is 32.6 Å². The molecule has 2 rings (SSSR count). The van der Waals surface area contributed by atoms with Gasteiger partial charge in [0, 0.05) is 5.69 Å². The summed E-state index contributed by atoms with van der Waals surface area (Å²) in [6.45, 7) is 6.12. The Labute approximate surface area is 146 Å². The van der Waals surface area contributed by atoms with Crippen LogP contribution in [0.4, 0.5) is 5.69 Å². The van der Waals surface area contributed by atoms with E-state index in [0.717, 1.165) is 16.8 Å². The summed E-state index contributed by atoms with van der Waals surface area (Å²) in [6.07, 6.45) is 1.44.